The van der Waals surface area contributed by atoms with E-state index in [4.69, 9.17) is 9.47 Å². The molecule has 0 radical (unpaired) electrons. The van der Waals surface area contributed by atoms with Gasteiger partial charge in [-0.05, 0) is 29.8 Å². The molecule has 2 aromatic carbocycles. The van der Waals surface area contributed by atoms with Crippen LogP contribution in [0, 0.1) is 5.92 Å². The van der Waals surface area contributed by atoms with Crippen molar-refractivity contribution in [1.29, 1.82) is 0 Å². The van der Waals surface area contributed by atoms with Gasteiger partial charge in [-0.2, -0.15) is 0 Å². The minimum Gasteiger partial charge on any atom is -0.469 e. The van der Waals surface area contributed by atoms with Crippen molar-refractivity contribution < 1.29 is 27.5 Å². The molecule has 0 aliphatic carbocycles. The lowest BCUT2D eigenvalue weighted by molar-refractivity contribution is -0.145. The second kappa shape index (κ2) is 8.64. The maximum atomic E-state index is 13.5. The number of rotatable bonds is 5. The van der Waals surface area contributed by atoms with Crippen molar-refractivity contribution in [2.75, 3.05) is 14.2 Å². The Bertz CT molecular complexity index is 993. The predicted octanol–water partition coefficient (Wildman–Crippen LogP) is 2.27. The largest absolute Gasteiger partial charge is 0.469 e. The van der Waals surface area contributed by atoms with Crippen LogP contribution in [0.1, 0.15) is 11.6 Å². The predicted molar refractivity (Wildman–Crippen MR) is 109 cm³/mol. The molecule has 1 fully saturated rings. The first-order chi connectivity index (χ1) is 13.8. The summed E-state index contributed by atoms with van der Waals surface area (Å²) in [6.07, 6.45) is 0. The van der Waals surface area contributed by atoms with Gasteiger partial charge in [0, 0.05) is 10.5 Å². The van der Waals surface area contributed by atoms with Crippen LogP contribution in [-0.4, -0.2) is 45.9 Å². The molecule has 29 heavy (non-hydrogen) atoms. The van der Waals surface area contributed by atoms with Crippen molar-refractivity contribution in [3.05, 3.63) is 64.6 Å². The van der Waals surface area contributed by atoms with Crippen LogP contribution in [0.2, 0.25) is 0 Å². The van der Waals surface area contributed by atoms with Gasteiger partial charge < -0.3 is 9.47 Å². The van der Waals surface area contributed by atoms with Gasteiger partial charge in [-0.25, -0.2) is 8.42 Å². The van der Waals surface area contributed by atoms with E-state index in [1.54, 1.807) is 42.5 Å². The molecule has 3 rings (SSSR count). The van der Waals surface area contributed by atoms with Crippen molar-refractivity contribution in [2.24, 2.45) is 5.92 Å². The SMILES string of the molecule is COC(=O)[C@H]1[C@@H](S(=O)(=O)c2ccccc2)[C@@H](C(=O)OC)N[C@H]1c1ccc(Br)cc1. The summed E-state index contributed by atoms with van der Waals surface area (Å²) in [5.74, 6) is -2.63. The van der Waals surface area contributed by atoms with Gasteiger partial charge in [-0.15, -0.1) is 0 Å². The molecule has 1 saturated heterocycles. The smallest absolute Gasteiger partial charge is 0.324 e. The lowest BCUT2D eigenvalue weighted by Gasteiger charge is -2.23. The lowest BCUT2D eigenvalue weighted by Crippen LogP contribution is -2.45. The Kier molecular flexibility index (Phi) is 6.40. The van der Waals surface area contributed by atoms with Crippen LogP contribution in [0.3, 0.4) is 0 Å². The number of esters is 2. The number of hydrogen-bond donors (Lipinski definition) is 1. The first-order valence-corrected chi connectivity index (χ1v) is 11.1. The topological polar surface area (TPSA) is 98.8 Å². The van der Waals surface area contributed by atoms with Crippen molar-refractivity contribution in [2.45, 2.75) is 22.2 Å². The maximum Gasteiger partial charge on any atom is 0.324 e. The molecule has 1 heterocycles. The highest BCUT2D eigenvalue weighted by Gasteiger charge is 2.57. The molecule has 0 unspecified atom stereocenters. The van der Waals surface area contributed by atoms with Gasteiger partial charge in [-0.1, -0.05) is 46.3 Å². The summed E-state index contributed by atoms with van der Waals surface area (Å²) in [6.45, 7) is 0. The van der Waals surface area contributed by atoms with E-state index in [9.17, 15) is 18.0 Å². The Hall–Kier alpha value is -2.23. The number of hydrogen-bond acceptors (Lipinski definition) is 7. The van der Waals surface area contributed by atoms with Crippen LogP contribution in [0.4, 0.5) is 0 Å². The van der Waals surface area contributed by atoms with E-state index in [2.05, 4.69) is 21.2 Å². The summed E-state index contributed by atoms with van der Waals surface area (Å²) >= 11 is 3.35. The molecule has 0 bridgehead atoms. The van der Waals surface area contributed by atoms with E-state index >= 15 is 0 Å². The Morgan fingerprint density at radius 1 is 0.931 bits per heavy atom. The van der Waals surface area contributed by atoms with Crippen molar-refractivity contribution >= 4 is 37.7 Å². The number of halogens is 1. The fourth-order valence-corrected chi connectivity index (χ4v) is 5.95. The minimum atomic E-state index is -4.07. The van der Waals surface area contributed by atoms with E-state index in [-0.39, 0.29) is 4.90 Å². The molecular weight excluding hydrogens is 462 g/mol. The third-order valence-corrected chi connectivity index (χ3v) is 7.73. The van der Waals surface area contributed by atoms with Crippen LogP contribution in [-0.2, 0) is 28.9 Å². The minimum absolute atomic E-state index is 0.0195. The number of sulfone groups is 1. The van der Waals surface area contributed by atoms with Gasteiger partial charge >= 0.3 is 11.9 Å². The molecule has 7 nitrogen and oxygen atoms in total. The monoisotopic (exact) mass is 481 g/mol. The summed E-state index contributed by atoms with van der Waals surface area (Å²) in [4.78, 5) is 25.2. The Balaban J connectivity index is 2.16. The molecule has 0 amide bonds. The zero-order valence-corrected chi connectivity index (χ0v) is 18.1. The Morgan fingerprint density at radius 2 is 1.52 bits per heavy atom. The third-order valence-electron chi connectivity index (χ3n) is 4.99. The van der Waals surface area contributed by atoms with Gasteiger partial charge in [0.15, 0.2) is 9.84 Å². The van der Waals surface area contributed by atoms with Gasteiger partial charge in [0.25, 0.3) is 0 Å². The van der Waals surface area contributed by atoms with E-state index < -0.39 is 45.0 Å². The van der Waals surface area contributed by atoms with Gasteiger partial charge in [0.2, 0.25) is 0 Å². The molecule has 1 aliphatic heterocycles. The van der Waals surface area contributed by atoms with Crippen LogP contribution >= 0.6 is 15.9 Å². The van der Waals surface area contributed by atoms with E-state index in [0.717, 1.165) is 4.47 Å². The summed E-state index contributed by atoms with van der Waals surface area (Å²) in [5, 5.41) is 1.61. The first kappa shape index (κ1) is 21.5. The number of carbonyl (C=O) groups is 2. The van der Waals surface area contributed by atoms with Crippen LogP contribution in [0.25, 0.3) is 0 Å². The summed E-state index contributed by atoms with van der Waals surface area (Å²) in [7, 11) is -1.70. The standard InChI is InChI=1S/C20H20BrNO6S/c1-27-19(23)15-16(12-8-10-13(21)11-9-12)22-17(20(24)28-2)18(15)29(25,26)14-6-4-3-5-7-14/h3-11,15-18,22H,1-2H3/t15-,16+,17+,18-/m1/s1. The maximum absolute atomic E-state index is 13.5. The van der Waals surface area contributed by atoms with Crippen LogP contribution < -0.4 is 5.32 Å². The summed E-state index contributed by atoms with van der Waals surface area (Å²) in [5.41, 5.74) is 0.656. The van der Waals surface area contributed by atoms with E-state index in [1.165, 1.54) is 26.4 Å². The first-order valence-electron chi connectivity index (χ1n) is 8.77. The molecule has 0 aromatic heterocycles. The average Bonchev–Trinajstić information content (AvgIpc) is 3.15. The highest BCUT2D eigenvalue weighted by molar-refractivity contribution is 9.10. The number of nitrogens with one attached hydrogen (secondary N) is 1. The molecule has 9 heteroatoms. The zero-order chi connectivity index (χ0) is 21.2. The fourth-order valence-electron chi connectivity index (χ4n) is 3.64. The van der Waals surface area contributed by atoms with Crippen molar-refractivity contribution in [3.63, 3.8) is 0 Å². The number of carbonyl (C=O) groups excluding carboxylic acids is 2. The zero-order valence-electron chi connectivity index (χ0n) is 15.7. The molecule has 1 aliphatic rings. The molecule has 0 spiro atoms. The Morgan fingerprint density at radius 3 is 2.07 bits per heavy atom. The molecule has 154 valence electrons. The Labute approximate surface area is 177 Å². The normalized spacial score (nSPS) is 24.1. The van der Waals surface area contributed by atoms with E-state index in [0.29, 0.717) is 5.56 Å². The molecular formula is C20H20BrNO6S. The number of methoxy groups -OCH3 is 2. The van der Waals surface area contributed by atoms with Gasteiger partial charge in [-0.3, -0.25) is 14.9 Å². The second-order valence-corrected chi connectivity index (χ2v) is 9.59. The second-order valence-electron chi connectivity index (χ2n) is 6.57. The van der Waals surface area contributed by atoms with Crippen molar-refractivity contribution in [1.82, 2.24) is 5.32 Å². The highest BCUT2D eigenvalue weighted by Crippen LogP contribution is 2.40. The average molecular weight is 482 g/mol. The van der Waals surface area contributed by atoms with Crippen LogP contribution in [0.15, 0.2) is 64.0 Å². The quantitative estimate of drug-likeness (QED) is 0.653. The van der Waals surface area contributed by atoms with Gasteiger partial charge in [0.05, 0.1) is 25.0 Å². The summed E-state index contributed by atoms with van der Waals surface area (Å²) < 4.78 is 37.5. The van der Waals surface area contributed by atoms with Gasteiger partial charge in [0.1, 0.15) is 11.3 Å². The number of benzene rings is 2. The summed E-state index contributed by atoms with van der Waals surface area (Å²) in [6, 6.07) is 12.8. The molecule has 2 aromatic rings. The molecule has 1 N–H and O–H groups in total. The molecule has 0 saturated carbocycles. The van der Waals surface area contributed by atoms with Crippen LogP contribution in [0.5, 0.6) is 0 Å². The number of ether oxygens (including phenoxy) is 2. The van der Waals surface area contributed by atoms with E-state index in [1.807, 2.05) is 0 Å². The molecule has 4 atom stereocenters. The lowest BCUT2D eigenvalue weighted by atomic mass is 9.93. The van der Waals surface area contributed by atoms with Crippen molar-refractivity contribution in [3.8, 4) is 0 Å². The fraction of sp³-hybridized carbons (Fsp3) is 0.300. The third kappa shape index (κ3) is 4.08. The highest BCUT2D eigenvalue weighted by atomic mass is 79.9.